The summed E-state index contributed by atoms with van der Waals surface area (Å²) in [5, 5.41) is 3.99. The van der Waals surface area contributed by atoms with Crippen LogP contribution in [0.1, 0.15) is 6.42 Å². The predicted octanol–water partition coefficient (Wildman–Crippen LogP) is 1.38. The van der Waals surface area contributed by atoms with Crippen molar-refractivity contribution in [3.63, 3.8) is 0 Å². The van der Waals surface area contributed by atoms with Gasteiger partial charge in [0.2, 0.25) is 0 Å². The van der Waals surface area contributed by atoms with Crippen molar-refractivity contribution >= 4 is 15.8 Å². The molecule has 1 aliphatic rings. The number of ether oxygens (including phenoxy) is 2. The lowest BCUT2D eigenvalue weighted by molar-refractivity contribution is 0.297. The molecular weight excluding hydrogens is 294 g/mol. The van der Waals surface area contributed by atoms with Crippen LogP contribution in [0.3, 0.4) is 0 Å². The molecule has 0 radical (unpaired) electrons. The number of hydrogen-bond donors (Lipinski definition) is 1. The summed E-state index contributed by atoms with van der Waals surface area (Å²) < 4.78 is 39.6. The summed E-state index contributed by atoms with van der Waals surface area (Å²) in [6.45, 7) is 1.06. The highest BCUT2D eigenvalue weighted by Gasteiger charge is 2.19. The van der Waals surface area contributed by atoms with Crippen molar-refractivity contribution in [2.24, 2.45) is 7.05 Å². The number of benzene rings is 1. The van der Waals surface area contributed by atoms with E-state index in [1.165, 1.54) is 16.8 Å². The third kappa shape index (κ3) is 2.94. The van der Waals surface area contributed by atoms with Crippen LogP contribution in [-0.2, 0) is 17.1 Å². The highest BCUT2D eigenvalue weighted by atomic mass is 32.2. The van der Waals surface area contributed by atoms with Crippen molar-refractivity contribution in [3.8, 4) is 11.5 Å². The molecule has 0 unspecified atom stereocenters. The highest BCUT2D eigenvalue weighted by molar-refractivity contribution is 7.92. The number of hydrogen-bond acceptors (Lipinski definition) is 5. The second-order valence-electron chi connectivity index (χ2n) is 4.64. The van der Waals surface area contributed by atoms with Gasteiger partial charge >= 0.3 is 0 Å². The van der Waals surface area contributed by atoms with Gasteiger partial charge in [0.1, 0.15) is 0 Å². The molecule has 1 N–H and O–H groups in total. The quantitative estimate of drug-likeness (QED) is 0.926. The zero-order valence-electron chi connectivity index (χ0n) is 11.4. The molecule has 0 bridgehead atoms. The number of fused-ring (bicyclic) bond motifs is 1. The van der Waals surface area contributed by atoms with Gasteiger partial charge in [0.15, 0.2) is 17.3 Å². The maximum atomic E-state index is 12.3. The number of anilines is 1. The third-order valence-electron chi connectivity index (χ3n) is 2.98. The van der Waals surface area contributed by atoms with Crippen molar-refractivity contribution < 1.29 is 17.9 Å². The van der Waals surface area contributed by atoms with E-state index in [-0.39, 0.29) is 10.7 Å². The summed E-state index contributed by atoms with van der Waals surface area (Å²) in [5.74, 6) is 1.27. The molecule has 0 spiro atoms. The monoisotopic (exact) mass is 309 g/mol. The molecule has 0 saturated heterocycles. The van der Waals surface area contributed by atoms with Crippen molar-refractivity contribution in [3.05, 3.63) is 30.5 Å². The van der Waals surface area contributed by atoms with Crippen LogP contribution in [0.5, 0.6) is 11.5 Å². The van der Waals surface area contributed by atoms with Crippen molar-refractivity contribution in [1.82, 2.24) is 9.78 Å². The molecule has 1 aromatic carbocycles. The maximum absolute atomic E-state index is 12.3. The van der Waals surface area contributed by atoms with Crippen LogP contribution in [0.15, 0.2) is 35.4 Å². The van der Waals surface area contributed by atoms with Gasteiger partial charge in [-0.3, -0.25) is 9.40 Å². The first kappa shape index (κ1) is 13.7. The van der Waals surface area contributed by atoms with E-state index < -0.39 is 10.0 Å². The number of nitrogens with one attached hydrogen (secondary N) is 1. The first-order valence-electron chi connectivity index (χ1n) is 6.47. The van der Waals surface area contributed by atoms with E-state index in [1.807, 2.05) is 0 Å². The summed E-state index contributed by atoms with van der Waals surface area (Å²) >= 11 is 0. The topological polar surface area (TPSA) is 82.5 Å². The highest BCUT2D eigenvalue weighted by Crippen LogP contribution is 2.32. The summed E-state index contributed by atoms with van der Waals surface area (Å²) in [7, 11) is -1.99. The number of rotatable bonds is 3. The maximum Gasteiger partial charge on any atom is 0.263 e. The van der Waals surface area contributed by atoms with E-state index >= 15 is 0 Å². The second-order valence-corrected chi connectivity index (χ2v) is 6.32. The minimum Gasteiger partial charge on any atom is -0.490 e. The number of aromatic nitrogens is 2. The first-order chi connectivity index (χ1) is 10.0. The minimum absolute atomic E-state index is 0.109. The number of aryl methyl sites for hydroxylation is 1. The van der Waals surface area contributed by atoms with E-state index in [4.69, 9.17) is 9.47 Å². The molecule has 3 rings (SSSR count). The van der Waals surface area contributed by atoms with Crippen LogP contribution in [0.25, 0.3) is 0 Å². The summed E-state index contributed by atoms with van der Waals surface area (Å²) in [5.41, 5.74) is 0. The van der Waals surface area contributed by atoms with Crippen molar-refractivity contribution in [2.75, 3.05) is 17.9 Å². The van der Waals surface area contributed by atoms with E-state index in [1.54, 1.807) is 25.4 Å². The van der Waals surface area contributed by atoms with Gasteiger partial charge in [-0.15, -0.1) is 0 Å². The van der Waals surface area contributed by atoms with Crippen LogP contribution in [0, 0.1) is 0 Å². The Kier molecular flexibility index (Phi) is 3.46. The Labute approximate surface area is 122 Å². The molecule has 8 heteroatoms. The van der Waals surface area contributed by atoms with Crippen LogP contribution in [0.4, 0.5) is 5.82 Å². The Morgan fingerprint density at radius 3 is 2.67 bits per heavy atom. The van der Waals surface area contributed by atoms with Gasteiger partial charge in [-0.1, -0.05) is 0 Å². The molecule has 2 aromatic rings. The summed E-state index contributed by atoms with van der Waals surface area (Å²) in [6.07, 6.45) is 2.43. The average Bonchev–Trinajstić information content (AvgIpc) is 2.72. The molecule has 112 valence electrons. The molecule has 21 heavy (non-hydrogen) atoms. The van der Waals surface area contributed by atoms with Crippen LogP contribution in [-0.4, -0.2) is 31.4 Å². The molecule has 0 atom stereocenters. The van der Waals surface area contributed by atoms with Crippen LogP contribution < -0.4 is 14.2 Å². The summed E-state index contributed by atoms with van der Waals surface area (Å²) in [4.78, 5) is 0.109. The Balaban J connectivity index is 1.90. The SMILES string of the molecule is Cn1ccc(NS(=O)(=O)c2ccc3c(c2)OCCCO3)n1. The Hall–Kier alpha value is -2.22. The van der Waals surface area contributed by atoms with Gasteiger partial charge in [-0.25, -0.2) is 8.42 Å². The fourth-order valence-corrected chi connectivity index (χ4v) is 2.99. The lowest BCUT2D eigenvalue weighted by atomic mass is 10.3. The molecule has 2 heterocycles. The van der Waals surface area contributed by atoms with Crippen molar-refractivity contribution in [2.45, 2.75) is 11.3 Å². The molecule has 7 nitrogen and oxygen atoms in total. The van der Waals surface area contributed by atoms with E-state index in [0.29, 0.717) is 24.7 Å². The third-order valence-corrected chi connectivity index (χ3v) is 4.33. The van der Waals surface area contributed by atoms with Gasteiger partial charge in [-0.05, 0) is 12.1 Å². The lowest BCUT2D eigenvalue weighted by Crippen LogP contribution is -2.13. The number of sulfonamides is 1. The number of nitrogens with zero attached hydrogens (tertiary/aromatic N) is 2. The second kappa shape index (κ2) is 5.28. The largest absolute Gasteiger partial charge is 0.490 e. The van der Waals surface area contributed by atoms with Gasteiger partial charge < -0.3 is 9.47 Å². The zero-order chi connectivity index (χ0) is 14.9. The predicted molar refractivity (Wildman–Crippen MR) is 76.1 cm³/mol. The fourth-order valence-electron chi connectivity index (χ4n) is 1.98. The van der Waals surface area contributed by atoms with Gasteiger partial charge in [0, 0.05) is 31.8 Å². The Morgan fingerprint density at radius 1 is 1.19 bits per heavy atom. The first-order valence-corrected chi connectivity index (χ1v) is 7.95. The van der Waals surface area contributed by atoms with Gasteiger partial charge in [-0.2, -0.15) is 5.10 Å². The molecule has 0 aliphatic carbocycles. The Morgan fingerprint density at radius 2 is 1.95 bits per heavy atom. The normalized spacial score (nSPS) is 14.5. The molecule has 1 aliphatic heterocycles. The zero-order valence-corrected chi connectivity index (χ0v) is 12.3. The standard InChI is InChI=1S/C13H15N3O4S/c1-16-6-5-13(14-16)15-21(17,18)10-3-4-11-12(9-10)20-8-2-7-19-11/h3-6,9H,2,7-8H2,1H3,(H,14,15). The molecule has 0 saturated carbocycles. The van der Waals surface area contributed by atoms with Crippen LogP contribution >= 0.6 is 0 Å². The van der Waals surface area contributed by atoms with Gasteiger partial charge in [0.25, 0.3) is 10.0 Å². The van der Waals surface area contributed by atoms with E-state index in [9.17, 15) is 8.42 Å². The van der Waals surface area contributed by atoms with Gasteiger partial charge in [0.05, 0.1) is 18.1 Å². The molecule has 0 amide bonds. The minimum atomic E-state index is -3.71. The van der Waals surface area contributed by atoms with E-state index in [2.05, 4.69) is 9.82 Å². The lowest BCUT2D eigenvalue weighted by Gasteiger charge is -2.10. The fraction of sp³-hybridized carbons (Fsp3) is 0.308. The average molecular weight is 309 g/mol. The smallest absolute Gasteiger partial charge is 0.263 e. The summed E-state index contributed by atoms with van der Waals surface area (Å²) in [6, 6.07) is 6.14. The molecule has 0 fully saturated rings. The van der Waals surface area contributed by atoms with E-state index in [0.717, 1.165) is 6.42 Å². The van der Waals surface area contributed by atoms with Crippen molar-refractivity contribution in [1.29, 1.82) is 0 Å². The molecule has 1 aromatic heterocycles. The Bertz CT molecular complexity index is 755. The van der Waals surface area contributed by atoms with Crippen LogP contribution in [0.2, 0.25) is 0 Å². The molecular formula is C13H15N3O4S.